The first-order valence-electron chi connectivity index (χ1n) is 7.43. The largest absolute Gasteiger partial charge is 0.451 e. The Labute approximate surface area is 131 Å². The number of rotatable bonds is 3. The number of hydrogen-bond donors (Lipinski definition) is 1. The highest BCUT2D eigenvalue weighted by molar-refractivity contribution is 5.73. The molecule has 2 aromatic heterocycles. The zero-order chi connectivity index (χ0) is 16.4. The van der Waals surface area contributed by atoms with E-state index in [9.17, 15) is 13.2 Å². The Balaban J connectivity index is 1.92. The van der Waals surface area contributed by atoms with Crippen LogP contribution >= 0.6 is 0 Å². The monoisotopic (exact) mass is 323 g/mol. The van der Waals surface area contributed by atoms with Crippen molar-refractivity contribution in [2.45, 2.75) is 44.8 Å². The second kappa shape index (κ2) is 6.10. The normalized spacial score (nSPS) is 15.8. The molecule has 1 aliphatic rings. The summed E-state index contributed by atoms with van der Waals surface area (Å²) in [5.41, 5.74) is 1.06. The molecule has 2 heterocycles. The smallest absolute Gasteiger partial charge is 0.367 e. The zero-order valence-electron chi connectivity index (χ0n) is 12.6. The molecular weight excluding hydrogens is 307 g/mol. The summed E-state index contributed by atoms with van der Waals surface area (Å²) in [4.78, 5) is 15.3. The molecule has 0 saturated heterocycles. The maximum atomic E-state index is 12.6. The highest BCUT2D eigenvalue weighted by Crippen LogP contribution is 2.30. The van der Waals surface area contributed by atoms with Crippen LogP contribution in [0.2, 0.25) is 0 Å². The highest BCUT2D eigenvalue weighted by atomic mass is 19.4. The van der Waals surface area contributed by atoms with E-state index in [1.54, 1.807) is 13.1 Å². The SMILES string of the molecule is Cc1ncc(-c2cnc(C(F)(F)F)nc2)c(NC2CCCC2)n1. The molecule has 8 heteroatoms. The molecule has 0 aromatic carbocycles. The predicted octanol–water partition coefficient (Wildman–Crippen LogP) is 3.62. The lowest BCUT2D eigenvalue weighted by atomic mass is 10.1. The minimum Gasteiger partial charge on any atom is -0.367 e. The number of alkyl halides is 3. The molecular formula is C15H16F3N5. The summed E-state index contributed by atoms with van der Waals surface area (Å²) in [6.07, 6.45) is 3.81. The van der Waals surface area contributed by atoms with Crippen LogP contribution in [0.25, 0.3) is 11.1 Å². The first-order valence-corrected chi connectivity index (χ1v) is 7.43. The van der Waals surface area contributed by atoms with Crippen molar-refractivity contribution in [2.75, 3.05) is 5.32 Å². The average molecular weight is 323 g/mol. The van der Waals surface area contributed by atoms with Gasteiger partial charge in [-0.3, -0.25) is 0 Å². The summed E-state index contributed by atoms with van der Waals surface area (Å²) in [5.74, 6) is 0.0643. The van der Waals surface area contributed by atoms with E-state index < -0.39 is 12.0 Å². The van der Waals surface area contributed by atoms with Crippen molar-refractivity contribution in [3.05, 3.63) is 30.2 Å². The van der Waals surface area contributed by atoms with E-state index in [2.05, 4.69) is 25.3 Å². The lowest BCUT2D eigenvalue weighted by Gasteiger charge is -2.16. The molecule has 1 N–H and O–H groups in total. The van der Waals surface area contributed by atoms with Crippen molar-refractivity contribution in [3.63, 3.8) is 0 Å². The number of anilines is 1. The Kier molecular flexibility index (Phi) is 4.14. The van der Waals surface area contributed by atoms with Gasteiger partial charge in [0.25, 0.3) is 0 Å². The molecule has 0 aliphatic heterocycles. The molecule has 122 valence electrons. The van der Waals surface area contributed by atoms with Crippen molar-refractivity contribution in [2.24, 2.45) is 0 Å². The third-order valence-corrected chi connectivity index (χ3v) is 3.82. The van der Waals surface area contributed by atoms with Gasteiger partial charge in [0.1, 0.15) is 11.6 Å². The second-order valence-corrected chi connectivity index (χ2v) is 5.60. The van der Waals surface area contributed by atoms with Gasteiger partial charge < -0.3 is 5.32 Å². The van der Waals surface area contributed by atoms with E-state index in [1.807, 2.05) is 0 Å². The average Bonchev–Trinajstić information content (AvgIpc) is 3.00. The number of nitrogens with zero attached hydrogens (tertiary/aromatic N) is 4. The van der Waals surface area contributed by atoms with E-state index in [1.165, 1.54) is 12.8 Å². The lowest BCUT2D eigenvalue weighted by molar-refractivity contribution is -0.144. The predicted molar refractivity (Wildman–Crippen MR) is 78.7 cm³/mol. The van der Waals surface area contributed by atoms with Gasteiger partial charge in [0.05, 0.1) is 0 Å². The Bertz CT molecular complexity index is 679. The molecule has 3 rings (SSSR count). The molecule has 1 fully saturated rings. The fraction of sp³-hybridized carbons (Fsp3) is 0.467. The van der Waals surface area contributed by atoms with Crippen molar-refractivity contribution in [1.82, 2.24) is 19.9 Å². The Morgan fingerprint density at radius 3 is 2.30 bits per heavy atom. The Morgan fingerprint density at radius 2 is 1.70 bits per heavy atom. The Hall–Kier alpha value is -2.25. The summed E-state index contributed by atoms with van der Waals surface area (Å²) < 4.78 is 37.7. The molecule has 2 aromatic rings. The van der Waals surface area contributed by atoms with Crippen LogP contribution in [-0.4, -0.2) is 26.0 Å². The molecule has 1 saturated carbocycles. The first kappa shape index (κ1) is 15.6. The first-order chi connectivity index (χ1) is 10.9. The number of halogens is 3. The van der Waals surface area contributed by atoms with Gasteiger partial charge >= 0.3 is 6.18 Å². The zero-order valence-corrected chi connectivity index (χ0v) is 12.6. The molecule has 0 spiro atoms. The lowest BCUT2D eigenvalue weighted by Crippen LogP contribution is -2.17. The maximum absolute atomic E-state index is 12.6. The minimum absolute atomic E-state index is 0.332. The minimum atomic E-state index is -4.55. The van der Waals surface area contributed by atoms with Gasteiger partial charge in [-0.2, -0.15) is 13.2 Å². The van der Waals surface area contributed by atoms with E-state index in [4.69, 9.17) is 0 Å². The van der Waals surface area contributed by atoms with Crippen LogP contribution < -0.4 is 5.32 Å². The quantitative estimate of drug-likeness (QED) is 0.935. The molecule has 23 heavy (non-hydrogen) atoms. The number of aryl methyl sites for hydroxylation is 1. The standard InChI is InChI=1S/C15H16F3N5/c1-9-19-8-12(13(22-9)23-11-4-2-3-5-11)10-6-20-14(21-7-10)15(16,17)18/h6-8,11H,2-5H2,1H3,(H,19,22,23). The van der Waals surface area contributed by atoms with E-state index in [0.717, 1.165) is 25.2 Å². The van der Waals surface area contributed by atoms with Crippen molar-refractivity contribution in [1.29, 1.82) is 0 Å². The molecule has 0 atom stereocenters. The van der Waals surface area contributed by atoms with Crippen LogP contribution in [0.4, 0.5) is 19.0 Å². The maximum Gasteiger partial charge on any atom is 0.451 e. The van der Waals surface area contributed by atoms with Crippen molar-refractivity contribution >= 4 is 5.82 Å². The summed E-state index contributed by atoms with van der Waals surface area (Å²) in [7, 11) is 0. The third-order valence-electron chi connectivity index (χ3n) is 3.82. The van der Waals surface area contributed by atoms with Gasteiger partial charge in [0.15, 0.2) is 0 Å². The number of nitrogens with one attached hydrogen (secondary N) is 1. The van der Waals surface area contributed by atoms with E-state index in [0.29, 0.717) is 28.8 Å². The summed E-state index contributed by atoms with van der Waals surface area (Å²) in [5, 5.41) is 3.36. The topological polar surface area (TPSA) is 63.6 Å². The third kappa shape index (κ3) is 3.57. The van der Waals surface area contributed by atoms with Gasteiger partial charge in [-0.05, 0) is 19.8 Å². The van der Waals surface area contributed by atoms with Gasteiger partial charge in [-0.15, -0.1) is 0 Å². The van der Waals surface area contributed by atoms with Crippen LogP contribution in [0.1, 0.15) is 37.3 Å². The van der Waals surface area contributed by atoms with Gasteiger partial charge in [-0.25, -0.2) is 19.9 Å². The van der Waals surface area contributed by atoms with Gasteiger partial charge in [-0.1, -0.05) is 12.8 Å². The summed E-state index contributed by atoms with van der Waals surface area (Å²) >= 11 is 0. The molecule has 0 radical (unpaired) electrons. The number of aromatic nitrogens is 4. The number of hydrogen-bond acceptors (Lipinski definition) is 5. The molecule has 5 nitrogen and oxygen atoms in total. The van der Waals surface area contributed by atoms with Crippen LogP contribution in [-0.2, 0) is 6.18 Å². The fourth-order valence-corrected chi connectivity index (χ4v) is 2.67. The summed E-state index contributed by atoms with van der Waals surface area (Å²) in [6.45, 7) is 1.77. The van der Waals surface area contributed by atoms with Crippen LogP contribution in [0.5, 0.6) is 0 Å². The van der Waals surface area contributed by atoms with Crippen LogP contribution in [0, 0.1) is 6.92 Å². The fourth-order valence-electron chi connectivity index (χ4n) is 2.67. The van der Waals surface area contributed by atoms with Crippen LogP contribution in [0.15, 0.2) is 18.6 Å². The van der Waals surface area contributed by atoms with Gasteiger partial charge in [0.2, 0.25) is 5.82 Å². The molecule has 0 amide bonds. The molecule has 0 bridgehead atoms. The van der Waals surface area contributed by atoms with Crippen LogP contribution in [0.3, 0.4) is 0 Å². The summed E-state index contributed by atoms with van der Waals surface area (Å²) in [6, 6.07) is 0.332. The van der Waals surface area contributed by atoms with E-state index in [-0.39, 0.29) is 0 Å². The molecule has 1 aliphatic carbocycles. The van der Waals surface area contributed by atoms with Crippen molar-refractivity contribution in [3.8, 4) is 11.1 Å². The van der Waals surface area contributed by atoms with E-state index >= 15 is 0 Å². The van der Waals surface area contributed by atoms with Gasteiger partial charge in [0, 0.05) is 35.8 Å². The molecule has 0 unspecified atom stereocenters. The second-order valence-electron chi connectivity index (χ2n) is 5.60. The highest BCUT2D eigenvalue weighted by Gasteiger charge is 2.34. The Morgan fingerprint density at radius 1 is 1.04 bits per heavy atom. The van der Waals surface area contributed by atoms with Crippen molar-refractivity contribution < 1.29 is 13.2 Å².